The molecular weight excluding hydrogens is 296 g/mol. The lowest BCUT2D eigenvalue weighted by Crippen LogP contribution is -2.42. The molecule has 23 heavy (non-hydrogen) atoms. The number of hydrogen-bond acceptors (Lipinski definition) is 5. The largest absolute Gasteiger partial charge is 0.381 e. The van der Waals surface area contributed by atoms with Crippen LogP contribution in [0.3, 0.4) is 0 Å². The predicted octanol–water partition coefficient (Wildman–Crippen LogP) is 1.94. The van der Waals surface area contributed by atoms with Crippen LogP contribution in [0.2, 0.25) is 0 Å². The van der Waals surface area contributed by atoms with Crippen LogP contribution in [0.25, 0.3) is 0 Å². The van der Waals surface area contributed by atoms with Crippen LogP contribution in [0.1, 0.15) is 44.3 Å². The summed E-state index contributed by atoms with van der Waals surface area (Å²) in [6.07, 6.45) is 1.85. The van der Waals surface area contributed by atoms with Gasteiger partial charge in [-0.1, -0.05) is 19.0 Å². The van der Waals surface area contributed by atoms with Crippen molar-refractivity contribution in [2.75, 3.05) is 32.8 Å². The van der Waals surface area contributed by atoms with Crippen molar-refractivity contribution in [3.05, 3.63) is 11.7 Å². The number of rotatable bonds is 3. The van der Waals surface area contributed by atoms with Gasteiger partial charge in [-0.05, 0) is 25.7 Å². The van der Waals surface area contributed by atoms with Crippen molar-refractivity contribution in [1.29, 1.82) is 0 Å². The third kappa shape index (κ3) is 3.34. The zero-order valence-corrected chi connectivity index (χ0v) is 14.2. The molecule has 2 aliphatic heterocycles. The third-order valence-corrected chi connectivity index (χ3v) is 4.93. The fraction of sp³-hybridized carbons (Fsp3) is 0.812. The van der Waals surface area contributed by atoms with Crippen molar-refractivity contribution in [3.8, 4) is 0 Å². The molecule has 0 radical (unpaired) electrons. The number of hydrogen-bond donors (Lipinski definition) is 1. The lowest BCUT2D eigenvalue weighted by atomic mass is 9.72. The minimum absolute atomic E-state index is 0.00306. The average molecular weight is 322 g/mol. The molecular formula is C16H26N4O3. The number of nitrogens with one attached hydrogen (secondary N) is 1. The molecule has 1 aromatic rings. The van der Waals surface area contributed by atoms with Gasteiger partial charge >= 0.3 is 6.03 Å². The second kappa shape index (κ2) is 6.47. The van der Waals surface area contributed by atoms with E-state index in [1.807, 2.05) is 11.8 Å². The van der Waals surface area contributed by atoms with Gasteiger partial charge in [-0.25, -0.2) is 4.79 Å². The van der Waals surface area contributed by atoms with Crippen LogP contribution in [0.5, 0.6) is 0 Å². The minimum atomic E-state index is -0.00755. The van der Waals surface area contributed by atoms with Gasteiger partial charge in [0.25, 0.3) is 0 Å². The fourth-order valence-corrected chi connectivity index (χ4v) is 3.61. The Morgan fingerprint density at radius 2 is 2.17 bits per heavy atom. The summed E-state index contributed by atoms with van der Waals surface area (Å²) in [5.74, 6) is 1.83. The standard InChI is InChI=1S/C16H26N4O3/c1-11(2)8-17-15(21)20-9-13(14-18-12(3)19-23-14)16(10-20)4-6-22-7-5-16/h11,13H,4-10H2,1-3H3,(H,17,21). The van der Waals surface area contributed by atoms with Crippen LogP contribution in [0.15, 0.2) is 4.52 Å². The molecule has 2 saturated heterocycles. The maximum atomic E-state index is 12.5. The van der Waals surface area contributed by atoms with E-state index in [0.717, 1.165) is 32.6 Å². The number of carbonyl (C=O) groups excluding carboxylic acids is 1. The first kappa shape index (κ1) is 16.2. The molecule has 2 amide bonds. The molecule has 1 unspecified atom stereocenters. The van der Waals surface area contributed by atoms with E-state index in [-0.39, 0.29) is 17.4 Å². The zero-order chi connectivity index (χ0) is 16.4. The van der Waals surface area contributed by atoms with Crippen molar-refractivity contribution in [1.82, 2.24) is 20.4 Å². The average Bonchev–Trinajstić information content (AvgIpc) is 3.10. The second-order valence-corrected chi connectivity index (χ2v) is 7.17. The first-order valence-corrected chi connectivity index (χ1v) is 8.41. The Bertz CT molecular complexity index is 551. The van der Waals surface area contributed by atoms with Crippen molar-refractivity contribution in [2.24, 2.45) is 11.3 Å². The molecule has 3 heterocycles. The van der Waals surface area contributed by atoms with Crippen LogP contribution in [-0.2, 0) is 4.74 Å². The van der Waals surface area contributed by atoms with E-state index in [2.05, 4.69) is 29.3 Å². The zero-order valence-electron chi connectivity index (χ0n) is 14.2. The minimum Gasteiger partial charge on any atom is -0.381 e. The van der Waals surface area contributed by atoms with E-state index in [4.69, 9.17) is 9.26 Å². The number of urea groups is 1. The van der Waals surface area contributed by atoms with Gasteiger partial charge in [-0.15, -0.1) is 0 Å². The van der Waals surface area contributed by atoms with Gasteiger partial charge in [-0.3, -0.25) is 0 Å². The highest BCUT2D eigenvalue weighted by molar-refractivity contribution is 5.74. The SMILES string of the molecule is Cc1noc(C2CN(C(=O)NCC(C)C)CC23CCOCC3)n1. The number of amides is 2. The first-order valence-electron chi connectivity index (χ1n) is 8.41. The maximum Gasteiger partial charge on any atom is 0.317 e. The third-order valence-electron chi connectivity index (χ3n) is 4.93. The van der Waals surface area contributed by atoms with Crippen LogP contribution in [-0.4, -0.2) is 53.9 Å². The maximum absolute atomic E-state index is 12.5. The Morgan fingerprint density at radius 3 is 2.78 bits per heavy atom. The van der Waals surface area contributed by atoms with Gasteiger partial charge < -0.3 is 19.5 Å². The van der Waals surface area contributed by atoms with Crippen molar-refractivity contribution in [3.63, 3.8) is 0 Å². The number of nitrogens with zero attached hydrogens (tertiary/aromatic N) is 3. The summed E-state index contributed by atoms with van der Waals surface area (Å²) in [6, 6.07) is 0.00306. The molecule has 1 N–H and O–H groups in total. The number of ether oxygens (including phenoxy) is 1. The van der Waals surface area contributed by atoms with E-state index in [1.165, 1.54) is 0 Å². The molecule has 7 heteroatoms. The lowest BCUT2D eigenvalue weighted by molar-refractivity contribution is 0.00942. The number of aromatic nitrogens is 2. The quantitative estimate of drug-likeness (QED) is 0.920. The predicted molar refractivity (Wildman–Crippen MR) is 84.1 cm³/mol. The molecule has 7 nitrogen and oxygen atoms in total. The summed E-state index contributed by atoms with van der Waals surface area (Å²) < 4.78 is 11.0. The van der Waals surface area contributed by atoms with Crippen LogP contribution in [0.4, 0.5) is 4.79 Å². The van der Waals surface area contributed by atoms with E-state index >= 15 is 0 Å². The number of likely N-dealkylation sites (tertiary alicyclic amines) is 1. The molecule has 1 spiro atoms. The highest BCUT2D eigenvalue weighted by Crippen LogP contribution is 2.48. The van der Waals surface area contributed by atoms with Gasteiger partial charge in [0, 0.05) is 38.3 Å². The van der Waals surface area contributed by atoms with Crippen molar-refractivity contribution >= 4 is 6.03 Å². The fourth-order valence-electron chi connectivity index (χ4n) is 3.61. The number of aryl methyl sites for hydroxylation is 1. The molecule has 1 aromatic heterocycles. The molecule has 128 valence electrons. The normalized spacial score (nSPS) is 23.7. The Labute approximate surface area is 136 Å². The monoisotopic (exact) mass is 322 g/mol. The summed E-state index contributed by atoms with van der Waals surface area (Å²) in [7, 11) is 0. The van der Waals surface area contributed by atoms with Gasteiger partial charge in [0.05, 0.1) is 5.92 Å². The molecule has 2 fully saturated rings. The molecule has 0 aliphatic carbocycles. The topological polar surface area (TPSA) is 80.5 Å². The molecule has 0 bridgehead atoms. The van der Waals surface area contributed by atoms with E-state index in [9.17, 15) is 4.79 Å². The highest BCUT2D eigenvalue weighted by Gasteiger charge is 2.51. The van der Waals surface area contributed by atoms with Crippen LogP contribution < -0.4 is 5.32 Å². The van der Waals surface area contributed by atoms with Gasteiger partial charge in [0.1, 0.15) is 0 Å². The molecule has 0 aromatic carbocycles. The molecule has 2 aliphatic rings. The lowest BCUT2D eigenvalue weighted by Gasteiger charge is -2.36. The Kier molecular flexibility index (Phi) is 4.57. The Balaban J connectivity index is 1.77. The van der Waals surface area contributed by atoms with Crippen LogP contribution >= 0.6 is 0 Å². The summed E-state index contributed by atoms with van der Waals surface area (Å²) in [6.45, 7) is 9.51. The smallest absolute Gasteiger partial charge is 0.317 e. The summed E-state index contributed by atoms with van der Waals surface area (Å²) in [4.78, 5) is 18.8. The van der Waals surface area contributed by atoms with Gasteiger partial charge in [-0.2, -0.15) is 4.98 Å². The number of carbonyl (C=O) groups is 1. The van der Waals surface area contributed by atoms with Gasteiger partial charge in [0.15, 0.2) is 5.82 Å². The summed E-state index contributed by atoms with van der Waals surface area (Å²) >= 11 is 0. The first-order chi connectivity index (χ1) is 11.0. The van der Waals surface area contributed by atoms with Crippen molar-refractivity contribution in [2.45, 2.75) is 39.5 Å². The van der Waals surface area contributed by atoms with E-state index < -0.39 is 0 Å². The molecule has 0 saturated carbocycles. The van der Waals surface area contributed by atoms with Gasteiger partial charge in [0.2, 0.25) is 5.89 Å². The van der Waals surface area contributed by atoms with E-state index in [1.54, 1.807) is 0 Å². The Hall–Kier alpha value is -1.63. The Morgan fingerprint density at radius 1 is 1.43 bits per heavy atom. The molecule has 3 rings (SSSR count). The van der Waals surface area contributed by atoms with Crippen molar-refractivity contribution < 1.29 is 14.1 Å². The highest BCUT2D eigenvalue weighted by atomic mass is 16.5. The summed E-state index contributed by atoms with van der Waals surface area (Å²) in [5, 5.41) is 6.94. The second-order valence-electron chi connectivity index (χ2n) is 7.17. The van der Waals surface area contributed by atoms with Crippen LogP contribution in [0, 0.1) is 18.3 Å². The van der Waals surface area contributed by atoms with E-state index in [0.29, 0.717) is 30.7 Å². The molecule has 1 atom stereocenters. The summed E-state index contributed by atoms with van der Waals surface area (Å²) in [5.41, 5.74) is -0.00755.